The first-order valence-corrected chi connectivity index (χ1v) is 6.45. The number of hydrogen-bond acceptors (Lipinski definition) is 0. The summed E-state index contributed by atoms with van der Waals surface area (Å²) >= 11 is 0. The molecule has 0 spiro atoms. The standard InChI is InChI=1S/C14H27/c1-6-8-14-12(5)11(4)10(3)9-13(14)7-2/h10,12-14H,6-9H2,1-5H3/q-1. The molecule has 1 aliphatic rings. The van der Waals surface area contributed by atoms with Gasteiger partial charge < -0.3 is 5.92 Å². The number of rotatable bonds is 3. The van der Waals surface area contributed by atoms with Gasteiger partial charge in [0.2, 0.25) is 0 Å². The zero-order valence-corrected chi connectivity index (χ0v) is 10.6. The predicted octanol–water partition coefficient (Wildman–Crippen LogP) is 4.70. The van der Waals surface area contributed by atoms with E-state index in [9.17, 15) is 0 Å². The molecule has 84 valence electrons. The molecule has 0 aliphatic heterocycles. The van der Waals surface area contributed by atoms with Crippen molar-refractivity contribution < 1.29 is 0 Å². The van der Waals surface area contributed by atoms with Crippen molar-refractivity contribution in [2.24, 2.45) is 23.7 Å². The molecule has 4 unspecified atom stereocenters. The minimum absolute atomic E-state index is 0.864. The molecule has 1 fully saturated rings. The topological polar surface area (TPSA) is 0 Å². The van der Waals surface area contributed by atoms with Crippen LogP contribution in [-0.4, -0.2) is 0 Å². The molecule has 0 heterocycles. The van der Waals surface area contributed by atoms with Gasteiger partial charge in [0.25, 0.3) is 0 Å². The predicted molar refractivity (Wildman–Crippen MR) is 64.0 cm³/mol. The maximum absolute atomic E-state index is 2.45. The summed E-state index contributed by atoms with van der Waals surface area (Å²) < 4.78 is 0. The smallest absolute Gasteiger partial charge is 0.0432 e. The second-order valence-corrected chi connectivity index (χ2v) is 5.29. The number of hydrogen-bond donors (Lipinski definition) is 0. The third-order valence-corrected chi connectivity index (χ3v) is 4.55. The Balaban J connectivity index is 2.67. The van der Waals surface area contributed by atoms with Crippen molar-refractivity contribution in [3.05, 3.63) is 5.92 Å². The Kier molecular flexibility index (Phi) is 4.47. The fourth-order valence-corrected chi connectivity index (χ4v) is 3.30. The van der Waals surface area contributed by atoms with Crippen molar-refractivity contribution >= 4 is 0 Å². The highest BCUT2D eigenvalue weighted by Gasteiger charge is 2.29. The van der Waals surface area contributed by atoms with Crippen LogP contribution >= 0.6 is 0 Å². The first-order valence-electron chi connectivity index (χ1n) is 6.45. The van der Waals surface area contributed by atoms with Gasteiger partial charge in [-0.25, -0.2) is 0 Å². The van der Waals surface area contributed by atoms with E-state index in [-0.39, 0.29) is 0 Å². The largest absolute Gasteiger partial charge is 0.311 e. The van der Waals surface area contributed by atoms with Gasteiger partial charge in [-0.05, 0) is 5.92 Å². The van der Waals surface area contributed by atoms with Crippen molar-refractivity contribution in [3.63, 3.8) is 0 Å². The van der Waals surface area contributed by atoms with Crippen LogP contribution in [0.5, 0.6) is 0 Å². The van der Waals surface area contributed by atoms with Crippen LogP contribution in [0.1, 0.15) is 60.3 Å². The van der Waals surface area contributed by atoms with Gasteiger partial charge in [0.15, 0.2) is 0 Å². The maximum atomic E-state index is 2.45. The third-order valence-electron chi connectivity index (χ3n) is 4.55. The SMILES string of the molecule is CCCC1C(CC)CC(C)[C-](C)C1C. The fourth-order valence-electron chi connectivity index (χ4n) is 3.30. The molecule has 1 saturated carbocycles. The lowest BCUT2D eigenvalue weighted by Crippen LogP contribution is -2.35. The lowest BCUT2D eigenvalue weighted by molar-refractivity contribution is 0.136. The molecule has 1 aliphatic carbocycles. The van der Waals surface area contributed by atoms with E-state index in [2.05, 4.69) is 34.6 Å². The van der Waals surface area contributed by atoms with E-state index in [0.717, 1.165) is 23.7 Å². The van der Waals surface area contributed by atoms with Crippen LogP contribution in [0.2, 0.25) is 0 Å². The van der Waals surface area contributed by atoms with Gasteiger partial charge in [-0.15, -0.1) is 0 Å². The Morgan fingerprint density at radius 1 is 1.21 bits per heavy atom. The van der Waals surface area contributed by atoms with Crippen LogP contribution in [0.4, 0.5) is 0 Å². The van der Waals surface area contributed by atoms with Gasteiger partial charge in [0.1, 0.15) is 0 Å². The second-order valence-electron chi connectivity index (χ2n) is 5.29. The molecular weight excluding hydrogens is 168 g/mol. The van der Waals surface area contributed by atoms with E-state index in [1.54, 1.807) is 5.92 Å². The molecule has 4 atom stereocenters. The highest BCUT2D eigenvalue weighted by molar-refractivity contribution is 5.03. The molecule has 0 saturated heterocycles. The lowest BCUT2D eigenvalue weighted by Gasteiger charge is -2.53. The molecule has 0 amide bonds. The van der Waals surface area contributed by atoms with Gasteiger partial charge in [-0.1, -0.05) is 59.3 Å². The van der Waals surface area contributed by atoms with Crippen molar-refractivity contribution in [2.75, 3.05) is 0 Å². The highest BCUT2D eigenvalue weighted by Crippen LogP contribution is 2.46. The van der Waals surface area contributed by atoms with E-state index < -0.39 is 0 Å². The Labute approximate surface area is 90.5 Å². The summed E-state index contributed by atoms with van der Waals surface area (Å²) in [6, 6.07) is 0. The van der Waals surface area contributed by atoms with Gasteiger partial charge in [0.05, 0.1) is 0 Å². The van der Waals surface area contributed by atoms with Crippen molar-refractivity contribution in [2.45, 2.75) is 60.3 Å². The third kappa shape index (κ3) is 2.32. The zero-order chi connectivity index (χ0) is 10.7. The van der Waals surface area contributed by atoms with Crippen LogP contribution in [0.3, 0.4) is 0 Å². The monoisotopic (exact) mass is 195 g/mol. The normalized spacial score (nSPS) is 40.1. The Morgan fingerprint density at radius 2 is 1.86 bits per heavy atom. The molecule has 0 heteroatoms. The minimum atomic E-state index is 0.864. The molecular formula is C14H27-. The molecule has 0 bridgehead atoms. The van der Waals surface area contributed by atoms with E-state index in [0.29, 0.717) is 0 Å². The molecule has 0 nitrogen and oxygen atoms in total. The molecule has 0 aromatic carbocycles. The first kappa shape index (κ1) is 12.1. The minimum Gasteiger partial charge on any atom is -0.311 e. The van der Waals surface area contributed by atoms with Crippen LogP contribution in [0, 0.1) is 29.6 Å². The molecule has 0 radical (unpaired) electrons. The fraction of sp³-hybridized carbons (Fsp3) is 0.929. The van der Waals surface area contributed by atoms with Crippen LogP contribution in [0.25, 0.3) is 0 Å². The molecule has 0 N–H and O–H groups in total. The summed E-state index contributed by atoms with van der Waals surface area (Å²) in [4.78, 5) is 0. The zero-order valence-electron chi connectivity index (χ0n) is 10.6. The summed E-state index contributed by atoms with van der Waals surface area (Å²) in [6.07, 6.45) is 5.61. The van der Waals surface area contributed by atoms with E-state index >= 15 is 0 Å². The average molecular weight is 195 g/mol. The van der Waals surface area contributed by atoms with E-state index in [4.69, 9.17) is 0 Å². The molecule has 14 heavy (non-hydrogen) atoms. The summed E-state index contributed by atoms with van der Waals surface area (Å²) in [5, 5.41) is 0. The van der Waals surface area contributed by atoms with Gasteiger partial charge >= 0.3 is 0 Å². The van der Waals surface area contributed by atoms with Gasteiger partial charge in [-0.3, -0.25) is 0 Å². The summed E-state index contributed by atoms with van der Waals surface area (Å²) in [7, 11) is 0. The van der Waals surface area contributed by atoms with Crippen LogP contribution in [-0.2, 0) is 0 Å². The van der Waals surface area contributed by atoms with Gasteiger partial charge in [0, 0.05) is 0 Å². The van der Waals surface area contributed by atoms with Crippen molar-refractivity contribution in [1.29, 1.82) is 0 Å². The summed E-state index contributed by atoms with van der Waals surface area (Å²) in [6.45, 7) is 11.9. The maximum Gasteiger partial charge on any atom is -0.0432 e. The Morgan fingerprint density at radius 3 is 2.36 bits per heavy atom. The van der Waals surface area contributed by atoms with Crippen molar-refractivity contribution in [1.82, 2.24) is 0 Å². The average Bonchev–Trinajstić information content (AvgIpc) is 2.19. The molecule has 1 rings (SSSR count). The molecule has 0 aromatic rings. The highest BCUT2D eigenvalue weighted by atomic mass is 14.4. The summed E-state index contributed by atoms with van der Waals surface area (Å²) in [5.74, 6) is 5.45. The second kappa shape index (κ2) is 5.19. The van der Waals surface area contributed by atoms with E-state index in [1.807, 2.05) is 0 Å². The lowest BCUT2D eigenvalue weighted by atomic mass is 9.62. The van der Waals surface area contributed by atoms with Crippen molar-refractivity contribution in [3.8, 4) is 0 Å². The van der Waals surface area contributed by atoms with E-state index in [1.165, 1.54) is 25.7 Å². The van der Waals surface area contributed by atoms with Gasteiger partial charge in [-0.2, -0.15) is 18.8 Å². The van der Waals surface area contributed by atoms with Crippen LogP contribution < -0.4 is 0 Å². The van der Waals surface area contributed by atoms with Crippen LogP contribution in [0.15, 0.2) is 0 Å². The first-order chi connectivity index (χ1) is 6.61. The quantitative estimate of drug-likeness (QED) is 0.573. The Bertz CT molecular complexity index is 159. The molecule has 0 aromatic heterocycles. The Hall–Kier alpha value is 0. The summed E-state index contributed by atoms with van der Waals surface area (Å²) in [5.41, 5.74) is 0.